The van der Waals surface area contributed by atoms with Crippen LogP contribution < -0.4 is 0 Å². The molecule has 0 radical (unpaired) electrons. The lowest BCUT2D eigenvalue weighted by atomic mass is 9.89. The van der Waals surface area contributed by atoms with Crippen molar-refractivity contribution in [2.75, 3.05) is 26.2 Å². The van der Waals surface area contributed by atoms with E-state index in [0.29, 0.717) is 24.9 Å². The van der Waals surface area contributed by atoms with Crippen LogP contribution in [-0.4, -0.2) is 43.3 Å². The average molecular weight is 411 g/mol. The smallest absolute Gasteiger partial charge is 0.416 e. The second kappa shape index (κ2) is 9.15. The van der Waals surface area contributed by atoms with E-state index in [-0.39, 0.29) is 25.6 Å². The summed E-state index contributed by atoms with van der Waals surface area (Å²) in [6, 6.07) is 4.93. The lowest BCUT2D eigenvalue weighted by Crippen LogP contribution is -2.42. The Hall–Kier alpha value is -1.77. The first-order chi connectivity index (χ1) is 13.0. The van der Waals surface area contributed by atoms with Gasteiger partial charge in [-0.1, -0.05) is 18.2 Å². The van der Waals surface area contributed by atoms with E-state index in [0.717, 1.165) is 12.1 Å². The number of hydrogen-bond donors (Lipinski definition) is 0. The maximum Gasteiger partial charge on any atom is 0.416 e. The zero-order chi connectivity index (χ0) is 20.9. The molecule has 2 atom stereocenters. The standard InChI is InChI=1S/C19H23F6NO2/c1-2-28-17(27)10-16(19(23,24)25)12-26-8-4-6-14(11-26)13-5-3-7-15(9-13)18(20,21)22/h3,5,7,9,14,16H,2,4,6,8,10-12H2,1H3/t14-,16-/m1/s1. The molecular formula is C19H23F6NO2. The number of alkyl halides is 6. The Balaban J connectivity index is 2.08. The van der Waals surface area contributed by atoms with Crippen molar-refractivity contribution in [1.82, 2.24) is 4.90 Å². The minimum atomic E-state index is -4.56. The molecule has 1 aliphatic heterocycles. The van der Waals surface area contributed by atoms with Gasteiger partial charge in [0.2, 0.25) is 0 Å². The topological polar surface area (TPSA) is 29.5 Å². The van der Waals surface area contributed by atoms with E-state index in [2.05, 4.69) is 4.74 Å². The largest absolute Gasteiger partial charge is 0.466 e. The van der Waals surface area contributed by atoms with Crippen molar-refractivity contribution < 1.29 is 35.9 Å². The highest BCUT2D eigenvalue weighted by molar-refractivity contribution is 5.69. The number of carbonyl (C=O) groups is 1. The highest BCUT2D eigenvalue weighted by atomic mass is 19.4. The molecule has 0 amide bonds. The molecule has 0 bridgehead atoms. The third kappa shape index (κ3) is 6.39. The van der Waals surface area contributed by atoms with E-state index < -0.39 is 36.2 Å². The van der Waals surface area contributed by atoms with Crippen LogP contribution in [0.3, 0.4) is 0 Å². The van der Waals surface area contributed by atoms with E-state index in [4.69, 9.17) is 0 Å². The average Bonchev–Trinajstić information content (AvgIpc) is 2.60. The normalized spacial score (nSPS) is 20.0. The molecule has 3 nitrogen and oxygen atoms in total. The van der Waals surface area contributed by atoms with Gasteiger partial charge in [-0.2, -0.15) is 26.3 Å². The Kier molecular flexibility index (Phi) is 7.36. The molecule has 0 saturated carbocycles. The zero-order valence-electron chi connectivity index (χ0n) is 15.4. The second-order valence-electron chi connectivity index (χ2n) is 6.97. The molecular weight excluding hydrogens is 388 g/mol. The van der Waals surface area contributed by atoms with Gasteiger partial charge in [-0.3, -0.25) is 4.79 Å². The first kappa shape index (κ1) is 22.5. The first-order valence-electron chi connectivity index (χ1n) is 9.12. The lowest BCUT2D eigenvalue weighted by molar-refractivity contribution is -0.188. The van der Waals surface area contributed by atoms with Crippen LogP contribution >= 0.6 is 0 Å². The van der Waals surface area contributed by atoms with Crippen molar-refractivity contribution in [2.45, 2.75) is 44.5 Å². The summed E-state index contributed by atoms with van der Waals surface area (Å²) in [6.45, 7) is 1.77. The van der Waals surface area contributed by atoms with Gasteiger partial charge in [0, 0.05) is 13.1 Å². The fourth-order valence-corrected chi connectivity index (χ4v) is 3.48. The molecule has 1 heterocycles. The predicted molar refractivity (Wildman–Crippen MR) is 90.7 cm³/mol. The minimum Gasteiger partial charge on any atom is -0.466 e. The number of benzene rings is 1. The van der Waals surface area contributed by atoms with Gasteiger partial charge < -0.3 is 9.64 Å². The number of ether oxygens (including phenoxy) is 1. The van der Waals surface area contributed by atoms with E-state index in [9.17, 15) is 31.1 Å². The van der Waals surface area contributed by atoms with Crippen LogP contribution in [0.4, 0.5) is 26.3 Å². The van der Waals surface area contributed by atoms with Crippen LogP contribution in [0.1, 0.15) is 43.2 Å². The molecule has 1 aromatic rings. The number of carbonyl (C=O) groups excluding carboxylic acids is 1. The van der Waals surface area contributed by atoms with Crippen LogP contribution in [0, 0.1) is 5.92 Å². The number of halogens is 6. The summed E-state index contributed by atoms with van der Waals surface area (Å²) in [5.41, 5.74) is -0.300. The van der Waals surface area contributed by atoms with Crippen molar-refractivity contribution in [1.29, 1.82) is 0 Å². The molecule has 1 saturated heterocycles. The molecule has 0 aliphatic carbocycles. The second-order valence-corrected chi connectivity index (χ2v) is 6.97. The fourth-order valence-electron chi connectivity index (χ4n) is 3.48. The quantitative estimate of drug-likeness (QED) is 0.487. The van der Waals surface area contributed by atoms with Crippen LogP contribution in [0.25, 0.3) is 0 Å². The van der Waals surface area contributed by atoms with Gasteiger partial charge in [-0.05, 0) is 43.9 Å². The van der Waals surface area contributed by atoms with Crippen molar-refractivity contribution in [3.63, 3.8) is 0 Å². The van der Waals surface area contributed by atoms with E-state index in [1.807, 2.05) is 0 Å². The van der Waals surface area contributed by atoms with E-state index in [1.165, 1.54) is 13.0 Å². The van der Waals surface area contributed by atoms with Crippen LogP contribution in [0.15, 0.2) is 24.3 Å². The van der Waals surface area contributed by atoms with Crippen molar-refractivity contribution in [2.24, 2.45) is 5.92 Å². The minimum absolute atomic E-state index is 0.00471. The molecule has 28 heavy (non-hydrogen) atoms. The summed E-state index contributed by atoms with van der Waals surface area (Å²) in [6.07, 6.45) is -8.61. The van der Waals surface area contributed by atoms with Crippen LogP contribution in [0.2, 0.25) is 0 Å². The Morgan fingerprint density at radius 1 is 1.25 bits per heavy atom. The summed E-state index contributed by atoms with van der Waals surface area (Å²) >= 11 is 0. The summed E-state index contributed by atoms with van der Waals surface area (Å²) < 4.78 is 83.3. The zero-order valence-corrected chi connectivity index (χ0v) is 15.4. The highest BCUT2D eigenvalue weighted by Gasteiger charge is 2.42. The summed E-state index contributed by atoms with van der Waals surface area (Å²) in [4.78, 5) is 13.1. The third-order valence-corrected chi connectivity index (χ3v) is 4.85. The number of hydrogen-bond acceptors (Lipinski definition) is 3. The van der Waals surface area contributed by atoms with E-state index in [1.54, 1.807) is 11.0 Å². The molecule has 1 fully saturated rings. The molecule has 2 rings (SSSR count). The number of piperidine rings is 1. The number of likely N-dealkylation sites (tertiary alicyclic amines) is 1. The van der Waals surface area contributed by atoms with Gasteiger partial charge in [0.1, 0.15) is 0 Å². The number of esters is 1. The SMILES string of the molecule is CCOC(=O)C[C@H](CN1CCC[C@@H](c2cccc(C(F)(F)F)c2)C1)C(F)(F)F. The lowest BCUT2D eigenvalue weighted by Gasteiger charge is -2.35. The Morgan fingerprint density at radius 3 is 2.57 bits per heavy atom. The third-order valence-electron chi connectivity index (χ3n) is 4.85. The number of nitrogens with zero attached hydrogens (tertiary/aromatic N) is 1. The number of rotatable bonds is 6. The van der Waals surface area contributed by atoms with Gasteiger partial charge in [-0.25, -0.2) is 0 Å². The van der Waals surface area contributed by atoms with Crippen molar-refractivity contribution in [3.8, 4) is 0 Å². The molecule has 0 unspecified atom stereocenters. The van der Waals surface area contributed by atoms with Gasteiger partial charge in [-0.15, -0.1) is 0 Å². The fraction of sp³-hybridized carbons (Fsp3) is 0.632. The maximum absolute atomic E-state index is 13.3. The molecule has 158 valence electrons. The molecule has 9 heteroatoms. The van der Waals surface area contributed by atoms with Gasteiger partial charge >= 0.3 is 18.3 Å². The van der Waals surface area contributed by atoms with Crippen LogP contribution in [-0.2, 0) is 15.7 Å². The van der Waals surface area contributed by atoms with E-state index >= 15 is 0 Å². The van der Waals surface area contributed by atoms with Crippen molar-refractivity contribution >= 4 is 5.97 Å². The summed E-state index contributed by atoms with van der Waals surface area (Å²) in [7, 11) is 0. The van der Waals surface area contributed by atoms with Crippen molar-refractivity contribution in [3.05, 3.63) is 35.4 Å². The summed E-state index contributed by atoms with van der Waals surface area (Å²) in [5.74, 6) is -3.06. The maximum atomic E-state index is 13.3. The first-order valence-corrected chi connectivity index (χ1v) is 9.12. The highest BCUT2D eigenvalue weighted by Crippen LogP contribution is 2.35. The molecule has 0 N–H and O–H groups in total. The summed E-state index contributed by atoms with van der Waals surface area (Å²) in [5, 5.41) is 0. The van der Waals surface area contributed by atoms with Gasteiger partial charge in [0.25, 0.3) is 0 Å². The Labute approximate surface area is 159 Å². The van der Waals surface area contributed by atoms with Gasteiger partial charge in [0.05, 0.1) is 24.5 Å². The molecule has 1 aliphatic rings. The monoisotopic (exact) mass is 411 g/mol. The van der Waals surface area contributed by atoms with Gasteiger partial charge in [0.15, 0.2) is 0 Å². The molecule has 0 spiro atoms. The molecule has 1 aromatic carbocycles. The Bertz CT molecular complexity index is 659. The predicted octanol–water partition coefficient (Wildman–Crippen LogP) is 5.02. The van der Waals surface area contributed by atoms with Crippen LogP contribution in [0.5, 0.6) is 0 Å². The molecule has 0 aromatic heterocycles. The Morgan fingerprint density at radius 2 is 1.96 bits per heavy atom.